The molecule has 0 unspecified atom stereocenters. The predicted octanol–water partition coefficient (Wildman–Crippen LogP) is 6.37. The number of carbonyl (C=O) groups excluding carboxylic acids is 1. The molecule has 0 spiro atoms. The zero-order valence-corrected chi connectivity index (χ0v) is 19.4. The summed E-state index contributed by atoms with van der Waals surface area (Å²) in [7, 11) is 1.76. The highest BCUT2D eigenvalue weighted by Crippen LogP contribution is 2.33. The maximum Gasteiger partial charge on any atom is 0.266 e. The number of thioether (sulfide) groups is 1. The van der Waals surface area contributed by atoms with Gasteiger partial charge >= 0.3 is 0 Å². The average molecular weight is 443 g/mol. The van der Waals surface area contributed by atoms with Gasteiger partial charge in [0.05, 0.1) is 10.6 Å². The smallest absolute Gasteiger partial charge is 0.266 e. The van der Waals surface area contributed by atoms with E-state index >= 15 is 0 Å². The van der Waals surface area contributed by atoms with Gasteiger partial charge in [-0.1, -0.05) is 61.0 Å². The van der Waals surface area contributed by atoms with Crippen LogP contribution in [0.5, 0.6) is 5.75 Å². The van der Waals surface area contributed by atoms with Gasteiger partial charge in [-0.05, 0) is 72.1 Å². The summed E-state index contributed by atoms with van der Waals surface area (Å²) in [5, 5.41) is 0.684. The summed E-state index contributed by atoms with van der Waals surface area (Å²) in [6.07, 6.45) is 2.89. The molecule has 32 heavy (non-hydrogen) atoms. The fourth-order valence-electron chi connectivity index (χ4n) is 3.35. The van der Waals surface area contributed by atoms with Crippen LogP contribution in [0.1, 0.15) is 29.2 Å². The molecule has 1 amide bonds. The van der Waals surface area contributed by atoms with E-state index in [0.717, 1.165) is 29.0 Å². The van der Waals surface area contributed by atoms with Gasteiger partial charge in [-0.3, -0.25) is 9.69 Å². The molecule has 1 aliphatic heterocycles. The van der Waals surface area contributed by atoms with Gasteiger partial charge in [0.25, 0.3) is 5.91 Å². The standard InChI is InChI=1S/C27H26N2O2S/c1-4-20-8-12-23(13-9-20)28-27-29(3)26(30)25(32-27)17-21-10-14-24(15-11-21)31-18-22-7-5-6-19(2)16-22/h5-17H,4,18H2,1-3H3. The SMILES string of the molecule is CCc1ccc(N=C2SC(=Cc3ccc(OCc4cccc(C)c4)cc3)C(=O)N2C)cc1. The lowest BCUT2D eigenvalue weighted by Crippen LogP contribution is -2.23. The number of hydrogen-bond donors (Lipinski definition) is 0. The first-order valence-electron chi connectivity index (χ1n) is 10.7. The van der Waals surface area contributed by atoms with Crippen LogP contribution in [0.4, 0.5) is 5.69 Å². The molecule has 0 atom stereocenters. The zero-order valence-electron chi connectivity index (χ0n) is 18.5. The Morgan fingerprint density at radius 1 is 1.00 bits per heavy atom. The van der Waals surface area contributed by atoms with E-state index in [2.05, 4.69) is 49.2 Å². The molecule has 1 aliphatic rings. The van der Waals surface area contributed by atoms with Crippen LogP contribution in [0.25, 0.3) is 6.08 Å². The monoisotopic (exact) mass is 442 g/mol. The second kappa shape index (κ2) is 9.88. The Morgan fingerprint density at radius 3 is 2.44 bits per heavy atom. The van der Waals surface area contributed by atoms with Gasteiger partial charge in [-0.2, -0.15) is 0 Å². The minimum absolute atomic E-state index is 0.0429. The summed E-state index contributed by atoms with van der Waals surface area (Å²) in [4.78, 5) is 19.6. The van der Waals surface area contributed by atoms with Crippen molar-refractivity contribution in [1.29, 1.82) is 0 Å². The van der Waals surface area contributed by atoms with Crippen LogP contribution in [0.15, 0.2) is 82.7 Å². The summed E-state index contributed by atoms with van der Waals surface area (Å²) < 4.78 is 5.89. The Hall–Kier alpha value is -3.31. The van der Waals surface area contributed by atoms with Crippen molar-refractivity contribution in [3.05, 3.63) is 100.0 Å². The van der Waals surface area contributed by atoms with Gasteiger partial charge in [-0.25, -0.2) is 4.99 Å². The van der Waals surface area contributed by atoms with Crippen molar-refractivity contribution in [2.45, 2.75) is 26.9 Å². The van der Waals surface area contributed by atoms with Crippen LogP contribution in [0.2, 0.25) is 0 Å². The molecular formula is C27H26N2O2S. The number of likely N-dealkylation sites (N-methyl/N-ethyl adjacent to an activating group) is 1. The van der Waals surface area contributed by atoms with E-state index in [-0.39, 0.29) is 5.91 Å². The molecule has 162 valence electrons. The first kappa shape index (κ1) is 21.9. The number of amidine groups is 1. The van der Waals surface area contributed by atoms with Gasteiger partial charge in [-0.15, -0.1) is 0 Å². The molecule has 1 saturated heterocycles. The van der Waals surface area contributed by atoms with Crippen LogP contribution in [-0.4, -0.2) is 23.0 Å². The van der Waals surface area contributed by atoms with Gasteiger partial charge in [0.1, 0.15) is 12.4 Å². The van der Waals surface area contributed by atoms with Crippen LogP contribution < -0.4 is 4.74 Å². The Kier molecular flexibility index (Phi) is 6.76. The minimum Gasteiger partial charge on any atom is -0.489 e. The molecule has 0 N–H and O–H groups in total. The maximum atomic E-state index is 12.7. The van der Waals surface area contributed by atoms with E-state index in [1.165, 1.54) is 22.9 Å². The molecule has 4 nitrogen and oxygen atoms in total. The van der Waals surface area contributed by atoms with E-state index in [1.807, 2.05) is 48.5 Å². The topological polar surface area (TPSA) is 41.9 Å². The molecular weight excluding hydrogens is 416 g/mol. The van der Waals surface area contributed by atoms with Crippen molar-refractivity contribution < 1.29 is 9.53 Å². The second-order valence-electron chi connectivity index (χ2n) is 7.74. The van der Waals surface area contributed by atoms with Crippen molar-refractivity contribution >= 4 is 34.6 Å². The number of aryl methyl sites for hydroxylation is 2. The molecule has 0 aromatic heterocycles. The first-order chi connectivity index (χ1) is 15.5. The van der Waals surface area contributed by atoms with Gasteiger partial charge in [0.15, 0.2) is 5.17 Å². The Labute approximate surface area is 193 Å². The molecule has 0 saturated carbocycles. The highest BCUT2D eigenvalue weighted by atomic mass is 32.2. The van der Waals surface area contributed by atoms with E-state index in [4.69, 9.17) is 4.74 Å². The third-order valence-electron chi connectivity index (χ3n) is 5.24. The highest BCUT2D eigenvalue weighted by Gasteiger charge is 2.30. The first-order valence-corrected chi connectivity index (χ1v) is 11.5. The number of rotatable bonds is 6. The lowest BCUT2D eigenvalue weighted by molar-refractivity contribution is -0.121. The summed E-state index contributed by atoms with van der Waals surface area (Å²) in [5.74, 6) is 0.757. The molecule has 1 fully saturated rings. The van der Waals surface area contributed by atoms with Gasteiger partial charge in [0.2, 0.25) is 0 Å². The normalized spacial score (nSPS) is 16.2. The highest BCUT2D eigenvalue weighted by molar-refractivity contribution is 8.18. The van der Waals surface area contributed by atoms with Gasteiger partial charge in [0, 0.05) is 7.05 Å². The average Bonchev–Trinajstić information content (AvgIpc) is 3.07. The van der Waals surface area contributed by atoms with E-state index < -0.39 is 0 Å². The Balaban J connectivity index is 1.43. The summed E-state index contributed by atoms with van der Waals surface area (Å²) in [6.45, 7) is 4.73. The lowest BCUT2D eigenvalue weighted by Gasteiger charge is -2.07. The second-order valence-corrected chi connectivity index (χ2v) is 8.75. The molecule has 0 radical (unpaired) electrons. The largest absolute Gasteiger partial charge is 0.489 e. The molecule has 5 heteroatoms. The molecule has 4 rings (SSSR count). The summed E-state index contributed by atoms with van der Waals surface area (Å²) in [5.41, 5.74) is 5.43. The Bertz CT molecular complexity index is 1170. The van der Waals surface area contributed by atoms with Crippen LogP contribution in [-0.2, 0) is 17.8 Å². The maximum absolute atomic E-state index is 12.7. The molecule has 3 aromatic rings. The number of aliphatic imine (C=N–C) groups is 1. The fourth-order valence-corrected chi connectivity index (χ4v) is 4.34. The van der Waals surface area contributed by atoms with E-state index in [9.17, 15) is 4.79 Å². The fraction of sp³-hybridized carbons (Fsp3) is 0.185. The van der Waals surface area contributed by atoms with E-state index in [0.29, 0.717) is 16.7 Å². The van der Waals surface area contributed by atoms with Crippen molar-refractivity contribution in [3.63, 3.8) is 0 Å². The number of benzene rings is 3. The van der Waals surface area contributed by atoms with E-state index in [1.54, 1.807) is 11.9 Å². The number of hydrogen-bond acceptors (Lipinski definition) is 4. The molecule has 0 bridgehead atoms. The van der Waals surface area contributed by atoms with Crippen molar-refractivity contribution in [1.82, 2.24) is 4.90 Å². The number of carbonyl (C=O) groups is 1. The quantitative estimate of drug-likeness (QED) is 0.417. The van der Waals surface area contributed by atoms with Crippen LogP contribution in [0.3, 0.4) is 0 Å². The number of ether oxygens (including phenoxy) is 1. The molecule has 1 heterocycles. The van der Waals surface area contributed by atoms with Crippen LogP contribution >= 0.6 is 11.8 Å². The lowest BCUT2D eigenvalue weighted by atomic mass is 10.1. The number of nitrogens with zero attached hydrogens (tertiary/aromatic N) is 2. The third kappa shape index (κ3) is 5.29. The van der Waals surface area contributed by atoms with Crippen molar-refractivity contribution in [2.75, 3.05) is 7.05 Å². The minimum atomic E-state index is -0.0429. The third-order valence-corrected chi connectivity index (χ3v) is 6.30. The van der Waals surface area contributed by atoms with Crippen molar-refractivity contribution in [3.8, 4) is 5.75 Å². The molecule has 0 aliphatic carbocycles. The summed E-state index contributed by atoms with van der Waals surface area (Å²) in [6, 6.07) is 24.2. The van der Waals surface area contributed by atoms with Gasteiger partial charge < -0.3 is 4.74 Å². The zero-order chi connectivity index (χ0) is 22.5. The predicted molar refractivity (Wildman–Crippen MR) is 133 cm³/mol. The van der Waals surface area contributed by atoms with Crippen molar-refractivity contribution in [2.24, 2.45) is 4.99 Å². The summed E-state index contributed by atoms with van der Waals surface area (Å²) >= 11 is 1.40. The number of amides is 1. The van der Waals surface area contributed by atoms with Crippen LogP contribution in [0, 0.1) is 6.92 Å². The Morgan fingerprint density at radius 2 is 1.75 bits per heavy atom. The molecule has 3 aromatic carbocycles.